The highest BCUT2D eigenvalue weighted by molar-refractivity contribution is 5.83. The highest BCUT2D eigenvalue weighted by atomic mass is 16.2. The van der Waals surface area contributed by atoms with Crippen LogP contribution < -0.4 is 5.32 Å². The van der Waals surface area contributed by atoms with Crippen LogP contribution in [0, 0.1) is 11.8 Å². The van der Waals surface area contributed by atoms with E-state index in [1.165, 1.54) is 30.4 Å². The Balaban J connectivity index is 1.46. The predicted octanol–water partition coefficient (Wildman–Crippen LogP) is 2.00. The lowest BCUT2D eigenvalue weighted by Crippen LogP contribution is -2.47. The first kappa shape index (κ1) is 13.3. The van der Waals surface area contributed by atoms with E-state index in [1.54, 1.807) is 0 Å². The highest BCUT2D eigenvalue weighted by Crippen LogP contribution is 2.38. The van der Waals surface area contributed by atoms with Crippen LogP contribution in [-0.2, 0) is 17.6 Å². The van der Waals surface area contributed by atoms with Crippen LogP contribution in [0.15, 0.2) is 24.3 Å². The van der Waals surface area contributed by atoms with Crippen molar-refractivity contribution in [2.24, 2.45) is 11.8 Å². The van der Waals surface area contributed by atoms with E-state index in [-0.39, 0.29) is 6.04 Å². The van der Waals surface area contributed by atoms with Crippen molar-refractivity contribution in [1.82, 2.24) is 10.2 Å². The van der Waals surface area contributed by atoms with Crippen molar-refractivity contribution in [3.8, 4) is 0 Å². The lowest BCUT2D eigenvalue weighted by atomic mass is 9.93. The van der Waals surface area contributed by atoms with Gasteiger partial charge in [-0.25, -0.2) is 0 Å². The van der Waals surface area contributed by atoms with Crippen molar-refractivity contribution in [3.05, 3.63) is 35.4 Å². The van der Waals surface area contributed by atoms with Crippen LogP contribution in [0.3, 0.4) is 0 Å². The molecule has 3 heteroatoms. The lowest BCUT2D eigenvalue weighted by molar-refractivity contribution is -0.134. The largest absolute Gasteiger partial charge is 0.341 e. The number of benzene rings is 1. The van der Waals surface area contributed by atoms with Crippen LogP contribution in [0.2, 0.25) is 0 Å². The van der Waals surface area contributed by atoms with E-state index in [0.717, 1.165) is 38.4 Å². The van der Waals surface area contributed by atoms with Crippen molar-refractivity contribution < 1.29 is 4.79 Å². The molecule has 1 amide bonds. The summed E-state index contributed by atoms with van der Waals surface area (Å²) in [6, 6.07) is 8.74. The molecule has 3 atom stereocenters. The molecule has 2 fully saturated rings. The fourth-order valence-corrected chi connectivity index (χ4v) is 4.54. The zero-order valence-electron chi connectivity index (χ0n) is 12.6. The van der Waals surface area contributed by atoms with Gasteiger partial charge in [-0.05, 0) is 55.2 Å². The average molecular weight is 284 g/mol. The summed E-state index contributed by atoms with van der Waals surface area (Å²) in [7, 11) is 0. The summed E-state index contributed by atoms with van der Waals surface area (Å²) in [6.07, 6.45) is 5.87. The number of nitrogens with one attached hydrogen (secondary N) is 1. The first-order valence-electron chi connectivity index (χ1n) is 8.42. The van der Waals surface area contributed by atoms with Crippen LogP contribution >= 0.6 is 0 Å². The zero-order valence-corrected chi connectivity index (χ0v) is 12.6. The second kappa shape index (κ2) is 5.45. The van der Waals surface area contributed by atoms with Gasteiger partial charge >= 0.3 is 0 Å². The van der Waals surface area contributed by atoms with Crippen molar-refractivity contribution in [2.75, 3.05) is 19.6 Å². The number of hydrogen-bond acceptors (Lipinski definition) is 2. The Hall–Kier alpha value is -1.35. The maximum Gasteiger partial charge on any atom is 0.240 e. The summed E-state index contributed by atoms with van der Waals surface area (Å²) in [5, 5.41) is 3.51. The van der Waals surface area contributed by atoms with Gasteiger partial charge in [-0.3, -0.25) is 4.79 Å². The summed E-state index contributed by atoms with van der Waals surface area (Å²) in [4.78, 5) is 15.0. The molecule has 3 unspecified atom stereocenters. The molecule has 4 rings (SSSR count). The van der Waals surface area contributed by atoms with E-state index in [2.05, 4.69) is 34.5 Å². The number of amides is 1. The maximum atomic E-state index is 12.9. The molecule has 1 saturated heterocycles. The third kappa shape index (κ3) is 2.38. The lowest BCUT2D eigenvalue weighted by Gasteiger charge is -2.26. The standard InChI is InChI=1S/C18H24N2O/c21-18(17-16-7-3-6-15(16)12-19-17)20-10-8-13-4-1-2-5-14(13)9-11-20/h1-2,4-5,15-17,19H,3,6-12H2. The summed E-state index contributed by atoms with van der Waals surface area (Å²) in [5.74, 6) is 1.71. The molecule has 0 spiro atoms. The zero-order chi connectivity index (χ0) is 14.2. The minimum absolute atomic E-state index is 0.0960. The van der Waals surface area contributed by atoms with Crippen molar-refractivity contribution >= 4 is 5.91 Å². The number of nitrogens with zero attached hydrogens (tertiary/aromatic N) is 1. The molecule has 1 aromatic rings. The summed E-state index contributed by atoms with van der Waals surface area (Å²) < 4.78 is 0. The average Bonchev–Trinajstić information content (AvgIpc) is 3.04. The minimum atomic E-state index is 0.0960. The Bertz CT molecular complexity index is 515. The molecule has 3 aliphatic rings. The topological polar surface area (TPSA) is 32.3 Å². The van der Waals surface area contributed by atoms with Gasteiger partial charge in [0.2, 0.25) is 5.91 Å². The van der Waals surface area contributed by atoms with Crippen LogP contribution in [0.4, 0.5) is 0 Å². The number of hydrogen-bond donors (Lipinski definition) is 1. The SMILES string of the molecule is O=C(C1NCC2CCCC21)N1CCc2ccccc2CC1. The normalized spacial score (nSPS) is 31.6. The molecule has 0 aromatic heterocycles. The second-order valence-electron chi connectivity index (χ2n) is 6.83. The Morgan fingerprint density at radius 2 is 1.81 bits per heavy atom. The van der Waals surface area contributed by atoms with Crippen LogP contribution in [-0.4, -0.2) is 36.5 Å². The van der Waals surface area contributed by atoms with Gasteiger partial charge in [-0.1, -0.05) is 30.7 Å². The fourth-order valence-electron chi connectivity index (χ4n) is 4.54. The van der Waals surface area contributed by atoms with Crippen LogP contribution in [0.1, 0.15) is 30.4 Å². The molecule has 1 aromatic carbocycles. The monoisotopic (exact) mass is 284 g/mol. The van der Waals surface area contributed by atoms with Gasteiger partial charge in [0.25, 0.3) is 0 Å². The van der Waals surface area contributed by atoms with Gasteiger partial charge in [-0.2, -0.15) is 0 Å². The van der Waals surface area contributed by atoms with Gasteiger partial charge in [-0.15, -0.1) is 0 Å². The first-order valence-corrected chi connectivity index (χ1v) is 8.42. The fraction of sp³-hybridized carbons (Fsp3) is 0.611. The van der Waals surface area contributed by atoms with Gasteiger partial charge in [0, 0.05) is 13.1 Å². The molecule has 1 aliphatic carbocycles. The Morgan fingerprint density at radius 1 is 1.10 bits per heavy atom. The number of carbonyl (C=O) groups is 1. The van der Waals surface area contributed by atoms with Gasteiger partial charge in [0.1, 0.15) is 0 Å². The summed E-state index contributed by atoms with van der Waals surface area (Å²) in [5.41, 5.74) is 2.84. The van der Waals surface area contributed by atoms with Crippen molar-refractivity contribution in [2.45, 2.75) is 38.1 Å². The Kier molecular flexibility index (Phi) is 3.46. The first-order chi connectivity index (χ1) is 10.3. The molecule has 0 radical (unpaired) electrons. The second-order valence-corrected chi connectivity index (χ2v) is 6.83. The quantitative estimate of drug-likeness (QED) is 0.855. The number of fused-ring (bicyclic) bond motifs is 2. The molecular formula is C18H24N2O. The van der Waals surface area contributed by atoms with E-state index < -0.39 is 0 Å². The third-order valence-electron chi connectivity index (χ3n) is 5.74. The summed E-state index contributed by atoms with van der Waals surface area (Å²) in [6.45, 7) is 2.81. The molecule has 0 bridgehead atoms. The van der Waals surface area contributed by atoms with E-state index >= 15 is 0 Å². The molecule has 1 N–H and O–H groups in total. The highest BCUT2D eigenvalue weighted by Gasteiger charge is 2.43. The summed E-state index contributed by atoms with van der Waals surface area (Å²) >= 11 is 0. The molecule has 21 heavy (non-hydrogen) atoms. The smallest absolute Gasteiger partial charge is 0.240 e. The van der Waals surface area contributed by atoms with Gasteiger partial charge in [0.15, 0.2) is 0 Å². The molecule has 112 valence electrons. The van der Waals surface area contributed by atoms with Crippen molar-refractivity contribution in [3.63, 3.8) is 0 Å². The minimum Gasteiger partial charge on any atom is -0.341 e. The van der Waals surface area contributed by atoms with Gasteiger partial charge < -0.3 is 10.2 Å². The molecule has 3 nitrogen and oxygen atoms in total. The van der Waals surface area contributed by atoms with E-state index in [4.69, 9.17) is 0 Å². The Morgan fingerprint density at radius 3 is 2.52 bits per heavy atom. The molecule has 2 heterocycles. The van der Waals surface area contributed by atoms with Crippen LogP contribution in [0.5, 0.6) is 0 Å². The number of carbonyl (C=O) groups excluding carboxylic acids is 1. The molecule has 1 saturated carbocycles. The molecule has 2 aliphatic heterocycles. The van der Waals surface area contributed by atoms with Gasteiger partial charge in [0.05, 0.1) is 6.04 Å². The Labute approximate surface area is 126 Å². The van der Waals surface area contributed by atoms with E-state index in [1.807, 2.05) is 0 Å². The van der Waals surface area contributed by atoms with Crippen LogP contribution in [0.25, 0.3) is 0 Å². The number of rotatable bonds is 1. The maximum absolute atomic E-state index is 12.9. The third-order valence-corrected chi connectivity index (χ3v) is 5.74. The van der Waals surface area contributed by atoms with E-state index in [9.17, 15) is 4.79 Å². The molecular weight excluding hydrogens is 260 g/mol. The van der Waals surface area contributed by atoms with E-state index in [0.29, 0.717) is 11.8 Å². The predicted molar refractivity (Wildman–Crippen MR) is 83.1 cm³/mol. The van der Waals surface area contributed by atoms with Crippen molar-refractivity contribution in [1.29, 1.82) is 0 Å².